The third kappa shape index (κ3) is 7.10. The molecule has 0 fully saturated rings. The number of aryl methyl sites for hydroxylation is 1. The molecule has 0 bridgehead atoms. The van der Waals surface area contributed by atoms with E-state index in [9.17, 15) is 9.90 Å². The molecule has 1 heterocycles. The van der Waals surface area contributed by atoms with E-state index in [0.717, 1.165) is 18.5 Å². The van der Waals surface area contributed by atoms with Gasteiger partial charge in [0.1, 0.15) is 0 Å². The molecule has 1 rings (SSSR count). The van der Waals surface area contributed by atoms with E-state index in [1.54, 1.807) is 6.07 Å². The first kappa shape index (κ1) is 19.6. The zero-order chi connectivity index (χ0) is 17.1. The lowest BCUT2D eigenvalue weighted by molar-refractivity contribution is -0.128. The normalized spacial score (nSPS) is 13.6. The highest BCUT2D eigenvalue weighted by Gasteiger charge is 2.31. The first-order valence-electron chi connectivity index (χ1n) is 8.60. The fourth-order valence-corrected chi connectivity index (χ4v) is 2.64. The number of nitrogens with zero attached hydrogens (tertiary/aromatic N) is 1. The molecule has 1 aromatic rings. The van der Waals surface area contributed by atoms with Gasteiger partial charge in [0.25, 0.3) is 0 Å². The third-order valence-corrected chi connectivity index (χ3v) is 3.87. The number of hydrogen-bond donors (Lipinski definition) is 3. The lowest BCUT2D eigenvalue weighted by Crippen LogP contribution is -2.46. The van der Waals surface area contributed by atoms with Crippen LogP contribution in [0.3, 0.4) is 0 Å². The molecule has 0 saturated heterocycles. The molecule has 1 unspecified atom stereocenters. The summed E-state index contributed by atoms with van der Waals surface area (Å²) in [4.78, 5) is 15.8. The Morgan fingerprint density at radius 3 is 2.57 bits per heavy atom. The van der Waals surface area contributed by atoms with Gasteiger partial charge in [0.05, 0.1) is 5.69 Å². The molecule has 0 aromatic carbocycles. The molecule has 0 aliphatic rings. The summed E-state index contributed by atoms with van der Waals surface area (Å²) in [5.74, 6) is -0.357. The summed E-state index contributed by atoms with van der Waals surface area (Å²) in [6, 6.07) is 5.44. The molecule has 130 valence electrons. The average molecular weight is 322 g/mol. The van der Waals surface area contributed by atoms with Gasteiger partial charge in [0, 0.05) is 25.6 Å². The number of aromatic nitrogens is 1. The van der Waals surface area contributed by atoms with E-state index < -0.39 is 5.72 Å². The summed E-state index contributed by atoms with van der Waals surface area (Å²) < 4.78 is 0. The molecule has 0 aliphatic carbocycles. The molecule has 3 N–H and O–H groups in total. The molecule has 0 aliphatic heterocycles. The molecular formula is C18H30N2O3. The molecule has 1 atom stereocenters. The summed E-state index contributed by atoms with van der Waals surface area (Å²) >= 11 is 0. The molecule has 5 heteroatoms. The van der Waals surface area contributed by atoms with Gasteiger partial charge < -0.3 is 15.5 Å². The van der Waals surface area contributed by atoms with Crippen molar-refractivity contribution in [3.8, 4) is 0 Å². The minimum atomic E-state index is -1.61. The maximum atomic E-state index is 11.3. The van der Waals surface area contributed by atoms with Crippen molar-refractivity contribution in [2.24, 2.45) is 0 Å². The van der Waals surface area contributed by atoms with E-state index in [0.29, 0.717) is 5.69 Å². The maximum absolute atomic E-state index is 11.3. The molecule has 1 aromatic heterocycles. The first-order chi connectivity index (χ1) is 11.0. The Hall–Kier alpha value is -1.46. The van der Waals surface area contributed by atoms with E-state index >= 15 is 0 Å². The van der Waals surface area contributed by atoms with Gasteiger partial charge in [0.2, 0.25) is 5.91 Å². The highest BCUT2D eigenvalue weighted by molar-refractivity contribution is 5.73. The van der Waals surface area contributed by atoms with Crippen LogP contribution >= 0.6 is 0 Å². The average Bonchev–Trinajstić information content (AvgIpc) is 2.50. The Balaban J connectivity index is 2.64. The summed E-state index contributed by atoms with van der Waals surface area (Å²) in [6.07, 6.45) is 8.18. The zero-order valence-corrected chi connectivity index (χ0v) is 14.3. The summed E-state index contributed by atoms with van der Waals surface area (Å²) in [5.41, 5.74) is -0.331. The second kappa shape index (κ2) is 10.3. The molecular weight excluding hydrogens is 292 g/mol. The number of rotatable bonds is 11. The van der Waals surface area contributed by atoms with Gasteiger partial charge in [-0.15, -0.1) is 0 Å². The quantitative estimate of drug-likeness (QED) is 0.432. The Morgan fingerprint density at radius 1 is 1.22 bits per heavy atom. The number of carbonyl (C=O) groups excluding carboxylic acids is 1. The molecule has 23 heavy (non-hydrogen) atoms. The van der Waals surface area contributed by atoms with Crippen molar-refractivity contribution in [1.29, 1.82) is 0 Å². The van der Waals surface area contributed by atoms with Gasteiger partial charge in [-0.2, -0.15) is 0 Å². The fourth-order valence-electron chi connectivity index (χ4n) is 2.64. The largest absolute Gasteiger partial charge is 0.396 e. The second-order valence-corrected chi connectivity index (χ2v) is 6.05. The number of hydrogen-bond acceptors (Lipinski definition) is 4. The van der Waals surface area contributed by atoms with Crippen molar-refractivity contribution >= 4 is 5.91 Å². The summed E-state index contributed by atoms with van der Waals surface area (Å²) in [5, 5.41) is 22.2. The van der Waals surface area contributed by atoms with Crippen molar-refractivity contribution in [2.75, 3.05) is 6.61 Å². The van der Waals surface area contributed by atoms with E-state index in [-0.39, 0.29) is 18.9 Å². The van der Waals surface area contributed by atoms with Gasteiger partial charge >= 0.3 is 0 Å². The number of carbonyl (C=O) groups is 1. The van der Waals surface area contributed by atoms with Crippen LogP contribution in [0.15, 0.2) is 18.2 Å². The van der Waals surface area contributed by atoms with Crippen LogP contribution in [-0.2, 0) is 16.9 Å². The van der Waals surface area contributed by atoms with Crippen LogP contribution in [0.5, 0.6) is 0 Å². The van der Waals surface area contributed by atoms with Crippen LogP contribution in [0.2, 0.25) is 0 Å². The van der Waals surface area contributed by atoms with Crippen LogP contribution in [0, 0.1) is 0 Å². The predicted octanol–water partition coefficient (Wildman–Crippen LogP) is 2.65. The van der Waals surface area contributed by atoms with Crippen LogP contribution < -0.4 is 5.32 Å². The van der Waals surface area contributed by atoms with E-state index in [4.69, 9.17) is 5.11 Å². The number of amides is 1. The van der Waals surface area contributed by atoms with Crippen molar-refractivity contribution in [1.82, 2.24) is 10.3 Å². The molecule has 5 nitrogen and oxygen atoms in total. The van der Waals surface area contributed by atoms with Gasteiger partial charge in [-0.25, -0.2) is 0 Å². The number of aliphatic hydroxyl groups is 2. The van der Waals surface area contributed by atoms with Gasteiger partial charge in [-0.1, -0.05) is 45.1 Å². The van der Waals surface area contributed by atoms with Crippen LogP contribution in [0.1, 0.15) is 70.2 Å². The number of nitrogens with one attached hydrogen (secondary N) is 1. The lowest BCUT2D eigenvalue weighted by Gasteiger charge is -2.27. The smallest absolute Gasteiger partial charge is 0.219 e. The second-order valence-electron chi connectivity index (χ2n) is 6.05. The van der Waals surface area contributed by atoms with Gasteiger partial charge in [-0.3, -0.25) is 9.78 Å². The van der Waals surface area contributed by atoms with Crippen molar-refractivity contribution in [2.45, 2.75) is 70.9 Å². The number of unbranched alkanes of at least 4 members (excludes halogenated alkanes) is 5. The van der Waals surface area contributed by atoms with Crippen molar-refractivity contribution < 1.29 is 15.0 Å². The first-order valence-corrected chi connectivity index (χ1v) is 8.60. The van der Waals surface area contributed by atoms with Crippen LogP contribution in [0.4, 0.5) is 0 Å². The number of pyridine rings is 1. The van der Waals surface area contributed by atoms with Gasteiger partial charge in [0.15, 0.2) is 5.72 Å². The summed E-state index contributed by atoms with van der Waals surface area (Å²) in [6.45, 7) is 3.31. The molecule has 0 saturated carbocycles. The highest BCUT2D eigenvalue weighted by Crippen LogP contribution is 2.21. The van der Waals surface area contributed by atoms with Gasteiger partial charge in [-0.05, 0) is 25.0 Å². The fraction of sp³-hybridized carbons (Fsp3) is 0.667. The maximum Gasteiger partial charge on any atom is 0.219 e. The Morgan fingerprint density at radius 2 is 1.91 bits per heavy atom. The zero-order valence-electron chi connectivity index (χ0n) is 14.3. The van der Waals surface area contributed by atoms with E-state index in [2.05, 4.69) is 17.2 Å². The van der Waals surface area contributed by atoms with Crippen molar-refractivity contribution in [3.63, 3.8) is 0 Å². The number of aliphatic hydroxyl groups excluding tert-OH is 1. The topological polar surface area (TPSA) is 82.5 Å². The minimum Gasteiger partial charge on any atom is -0.396 e. The van der Waals surface area contributed by atoms with E-state index in [1.165, 1.54) is 39.0 Å². The SMILES string of the molecule is CCCCCCCCc1cccc(C(O)(CCO)NC(C)=O)n1. The molecule has 1 amide bonds. The minimum absolute atomic E-state index is 0.0139. The predicted molar refractivity (Wildman–Crippen MR) is 90.7 cm³/mol. The highest BCUT2D eigenvalue weighted by atomic mass is 16.3. The monoisotopic (exact) mass is 322 g/mol. The molecule has 0 spiro atoms. The van der Waals surface area contributed by atoms with E-state index in [1.807, 2.05) is 12.1 Å². The van der Waals surface area contributed by atoms with Crippen LogP contribution in [0.25, 0.3) is 0 Å². The Bertz CT molecular complexity index is 479. The van der Waals surface area contributed by atoms with Crippen molar-refractivity contribution in [3.05, 3.63) is 29.6 Å². The molecule has 0 radical (unpaired) electrons. The Kier molecular flexibility index (Phi) is 8.81. The summed E-state index contributed by atoms with van der Waals surface area (Å²) in [7, 11) is 0. The van der Waals surface area contributed by atoms with Crippen LogP contribution in [-0.4, -0.2) is 27.7 Å². The lowest BCUT2D eigenvalue weighted by atomic mass is 10.0. The Labute approximate surface area is 139 Å². The standard InChI is InChI=1S/C18H30N2O3/c1-3-4-5-6-7-8-10-16-11-9-12-17(19-16)18(23,13-14-21)20-15(2)22/h9,11-12,21,23H,3-8,10,13-14H2,1-2H3,(H,20,22). The third-order valence-electron chi connectivity index (χ3n) is 3.87.